The van der Waals surface area contributed by atoms with Crippen molar-refractivity contribution < 1.29 is 4.79 Å². The number of nitrogens with zero attached hydrogens (tertiary/aromatic N) is 1. The zero-order valence-corrected chi connectivity index (χ0v) is 17.4. The summed E-state index contributed by atoms with van der Waals surface area (Å²) in [5.74, 6) is 2.78. The molecule has 1 amide bonds. The van der Waals surface area contributed by atoms with Crippen LogP contribution < -0.4 is 5.32 Å². The lowest BCUT2D eigenvalue weighted by Crippen LogP contribution is -2.51. The van der Waals surface area contributed by atoms with Crippen molar-refractivity contribution in [2.24, 2.45) is 34.5 Å². The van der Waals surface area contributed by atoms with Gasteiger partial charge in [-0.2, -0.15) is 0 Å². The number of hydrogen-bond acceptors (Lipinski definition) is 2. The molecule has 0 radical (unpaired) electrons. The Morgan fingerprint density at radius 3 is 2.82 bits per heavy atom. The van der Waals surface area contributed by atoms with Crippen LogP contribution in [0, 0.1) is 34.5 Å². The first-order valence-electron chi connectivity index (χ1n) is 11.0. The Bertz CT molecular complexity index is 857. The van der Waals surface area contributed by atoms with Gasteiger partial charge in [-0.05, 0) is 83.8 Å². The maximum Gasteiger partial charge on any atom is 0.243 e. The lowest BCUT2D eigenvalue weighted by atomic mass is 9.46. The minimum Gasteiger partial charge on any atom is -0.353 e. The summed E-state index contributed by atoms with van der Waals surface area (Å²) in [5, 5.41) is 3.09. The van der Waals surface area contributed by atoms with Gasteiger partial charge >= 0.3 is 0 Å². The molecular formula is C25H32N2O. The maximum atomic E-state index is 12.2. The van der Waals surface area contributed by atoms with Gasteiger partial charge in [0, 0.05) is 25.0 Å². The molecule has 28 heavy (non-hydrogen) atoms. The van der Waals surface area contributed by atoms with E-state index in [-0.39, 0.29) is 16.7 Å². The van der Waals surface area contributed by atoms with E-state index in [1.54, 1.807) is 0 Å². The number of fused-ring (bicyclic) bond motifs is 5. The van der Waals surface area contributed by atoms with Crippen molar-refractivity contribution in [3.05, 3.63) is 47.8 Å². The zero-order valence-electron chi connectivity index (χ0n) is 17.4. The predicted octanol–water partition coefficient (Wildman–Crippen LogP) is 5.01. The predicted molar refractivity (Wildman–Crippen MR) is 112 cm³/mol. The average Bonchev–Trinajstić information content (AvgIpc) is 2.94. The Balaban J connectivity index is 1.51. The van der Waals surface area contributed by atoms with Crippen molar-refractivity contribution in [2.75, 3.05) is 6.54 Å². The largest absolute Gasteiger partial charge is 0.353 e. The van der Waals surface area contributed by atoms with Crippen LogP contribution in [-0.2, 0) is 4.79 Å². The number of carbonyl (C=O) groups is 1. The van der Waals surface area contributed by atoms with Crippen molar-refractivity contribution in [1.29, 1.82) is 0 Å². The molecule has 0 spiro atoms. The van der Waals surface area contributed by atoms with Crippen molar-refractivity contribution in [3.8, 4) is 0 Å². The second-order valence-electron chi connectivity index (χ2n) is 10.1. The van der Waals surface area contributed by atoms with Crippen LogP contribution in [0.15, 0.2) is 42.3 Å². The summed E-state index contributed by atoms with van der Waals surface area (Å²) in [5.41, 5.74) is 4.69. The van der Waals surface area contributed by atoms with E-state index >= 15 is 0 Å². The molecule has 0 aromatic carbocycles. The van der Waals surface area contributed by atoms with E-state index in [0.717, 1.165) is 18.9 Å². The molecule has 3 heteroatoms. The fourth-order valence-corrected chi connectivity index (χ4v) is 7.53. The number of aromatic nitrogens is 1. The molecule has 2 saturated carbocycles. The van der Waals surface area contributed by atoms with Crippen LogP contribution in [0.2, 0.25) is 0 Å². The topological polar surface area (TPSA) is 42.0 Å². The van der Waals surface area contributed by atoms with Crippen molar-refractivity contribution in [2.45, 2.75) is 52.9 Å². The van der Waals surface area contributed by atoms with Gasteiger partial charge in [0.05, 0.1) is 0 Å². The first-order chi connectivity index (χ1) is 13.4. The van der Waals surface area contributed by atoms with Crippen LogP contribution in [0.1, 0.15) is 58.4 Å². The number of allylic oxidation sites excluding steroid dienone is 3. The standard InChI is InChI=1S/C25H32N2O/c1-16-13-18-20-7-6-19(17-5-4-11-26-15-17)24(20,2)9-8-21(18)25(3)10-12-27-23(28)14-22(16)25/h4-6,11,14-16,18,20-21H,7-10,12-13H2,1-3H3,(H,27,28)/t16?,18?,20?,21?,24-,25-/m1/s1. The third-order valence-electron chi connectivity index (χ3n) is 8.86. The molecule has 1 aromatic rings. The molecule has 0 saturated heterocycles. The minimum atomic E-state index is 0.117. The fourth-order valence-electron chi connectivity index (χ4n) is 7.53. The van der Waals surface area contributed by atoms with Crippen LogP contribution in [0.4, 0.5) is 0 Å². The normalized spacial score (nSPS) is 42.3. The quantitative estimate of drug-likeness (QED) is 0.748. The average molecular weight is 377 g/mol. The fraction of sp³-hybridized carbons (Fsp3) is 0.600. The Labute approximate surface area is 168 Å². The van der Waals surface area contributed by atoms with Crippen molar-refractivity contribution >= 4 is 11.5 Å². The molecule has 0 bridgehead atoms. The Morgan fingerprint density at radius 1 is 1.18 bits per heavy atom. The van der Waals surface area contributed by atoms with E-state index in [2.05, 4.69) is 49.3 Å². The summed E-state index contributed by atoms with van der Waals surface area (Å²) >= 11 is 0. The molecule has 1 aliphatic heterocycles. The van der Waals surface area contributed by atoms with Gasteiger partial charge in [-0.15, -0.1) is 0 Å². The van der Waals surface area contributed by atoms with Gasteiger partial charge in [0.2, 0.25) is 5.91 Å². The first-order valence-corrected chi connectivity index (χ1v) is 11.0. The molecule has 1 aromatic heterocycles. The van der Waals surface area contributed by atoms with E-state index < -0.39 is 0 Å². The lowest BCUT2D eigenvalue weighted by Gasteiger charge is -2.58. The molecule has 1 N–H and O–H groups in total. The van der Waals surface area contributed by atoms with E-state index in [1.165, 1.54) is 42.4 Å². The third-order valence-corrected chi connectivity index (χ3v) is 8.86. The number of carbonyl (C=O) groups excluding carboxylic acids is 1. The van der Waals surface area contributed by atoms with Crippen molar-refractivity contribution in [3.63, 3.8) is 0 Å². The van der Waals surface area contributed by atoms with Crippen LogP contribution in [0.5, 0.6) is 0 Å². The molecule has 148 valence electrons. The number of rotatable bonds is 1. The molecule has 4 aliphatic rings. The highest BCUT2D eigenvalue weighted by Crippen LogP contribution is 2.66. The molecule has 3 nitrogen and oxygen atoms in total. The molecule has 3 aliphatic carbocycles. The number of hydrogen-bond donors (Lipinski definition) is 1. The molecule has 4 unspecified atom stereocenters. The van der Waals surface area contributed by atoms with Gasteiger partial charge in [-0.1, -0.05) is 38.5 Å². The first kappa shape index (κ1) is 18.1. The monoisotopic (exact) mass is 376 g/mol. The van der Waals surface area contributed by atoms with Crippen molar-refractivity contribution in [1.82, 2.24) is 10.3 Å². The van der Waals surface area contributed by atoms with Gasteiger partial charge in [-0.3, -0.25) is 9.78 Å². The van der Waals surface area contributed by atoms with Crippen LogP contribution in [0.3, 0.4) is 0 Å². The maximum absolute atomic E-state index is 12.2. The summed E-state index contributed by atoms with van der Waals surface area (Å²) in [6.45, 7) is 8.14. The van der Waals surface area contributed by atoms with Gasteiger partial charge < -0.3 is 5.32 Å². The smallest absolute Gasteiger partial charge is 0.243 e. The Morgan fingerprint density at radius 2 is 2.04 bits per heavy atom. The minimum absolute atomic E-state index is 0.117. The zero-order chi connectivity index (χ0) is 19.5. The summed E-state index contributed by atoms with van der Waals surface area (Å²) in [7, 11) is 0. The molecule has 2 heterocycles. The van der Waals surface area contributed by atoms with Gasteiger partial charge in [0.15, 0.2) is 0 Å². The van der Waals surface area contributed by atoms with E-state index in [4.69, 9.17) is 0 Å². The highest BCUT2D eigenvalue weighted by molar-refractivity contribution is 5.89. The molecule has 5 rings (SSSR count). The van der Waals surface area contributed by atoms with Gasteiger partial charge in [0.1, 0.15) is 0 Å². The summed E-state index contributed by atoms with van der Waals surface area (Å²) in [6.07, 6.45) is 14.4. The molecular weight excluding hydrogens is 344 g/mol. The summed E-state index contributed by atoms with van der Waals surface area (Å²) in [6, 6.07) is 4.29. The highest BCUT2D eigenvalue weighted by Gasteiger charge is 2.58. The molecule has 2 fully saturated rings. The van der Waals surface area contributed by atoms with Crippen LogP contribution in [-0.4, -0.2) is 17.4 Å². The van der Waals surface area contributed by atoms with E-state index in [9.17, 15) is 4.79 Å². The highest BCUT2D eigenvalue weighted by atomic mass is 16.1. The van der Waals surface area contributed by atoms with Gasteiger partial charge in [0.25, 0.3) is 0 Å². The Hall–Kier alpha value is -1.90. The summed E-state index contributed by atoms with van der Waals surface area (Å²) in [4.78, 5) is 16.6. The van der Waals surface area contributed by atoms with E-state index in [0.29, 0.717) is 17.8 Å². The van der Waals surface area contributed by atoms with Crippen LogP contribution >= 0.6 is 0 Å². The lowest BCUT2D eigenvalue weighted by molar-refractivity contribution is -0.116. The summed E-state index contributed by atoms with van der Waals surface area (Å²) < 4.78 is 0. The second kappa shape index (κ2) is 6.30. The number of nitrogens with one attached hydrogen (secondary N) is 1. The number of pyridine rings is 1. The van der Waals surface area contributed by atoms with Gasteiger partial charge in [-0.25, -0.2) is 0 Å². The number of amides is 1. The SMILES string of the molecule is CC1CC2C(CC[C@]3(C)C(c4cccnc4)=CCC23)[C@@]2(C)CCNC(=O)C=C12. The molecule has 6 atom stereocenters. The second-order valence-corrected chi connectivity index (χ2v) is 10.1. The Kier molecular flexibility index (Phi) is 4.08. The van der Waals surface area contributed by atoms with Crippen LogP contribution in [0.25, 0.3) is 5.57 Å². The third kappa shape index (κ3) is 2.47. The van der Waals surface area contributed by atoms with E-state index in [1.807, 2.05) is 18.5 Å².